The molecule has 0 aliphatic carbocycles. The maximum atomic E-state index is 12.0. The molecule has 3 aromatic rings. The molecule has 1 atom stereocenters. The quantitative estimate of drug-likeness (QED) is 0.657. The Labute approximate surface area is 166 Å². The lowest BCUT2D eigenvalue weighted by atomic mass is 9.99. The van der Waals surface area contributed by atoms with Crippen LogP contribution in [0.15, 0.2) is 59.5 Å². The van der Waals surface area contributed by atoms with Gasteiger partial charge in [0, 0.05) is 6.26 Å². The summed E-state index contributed by atoms with van der Waals surface area (Å²) in [7, 11) is -3.30. The molecule has 0 aliphatic heterocycles. The van der Waals surface area contributed by atoms with E-state index >= 15 is 0 Å². The summed E-state index contributed by atoms with van der Waals surface area (Å²) in [6, 6.07) is 16.4. The third-order valence-corrected chi connectivity index (χ3v) is 5.65. The lowest BCUT2D eigenvalue weighted by molar-refractivity contribution is 0.601. The predicted octanol–water partition coefficient (Wildman–Crippen LogP) is 3.60. The number of rotatable bonds is 7. The van der Waals surface area contributed by atoms with Gasteiger partial charge in [-0.25, -0.2) is 13.4 Å². The van der Waals surface area contributed by atoms with E-state index in [1.54, 1.807) is 18.2 Å². The van der Waals surface area contributed by atoms with Crippen molar-refractivity contribution >= 4 is 15.8 Å². The van der Waals surface area contributed by atoms with Crippen LogP contribution in [0.2, 0.25) is 0 Å². The molecule has 0 bridgehead atoms. The lowest BCUT2D eigenvalue weighted by Crippen LogP contribution is -2.17. The Balaban J connectivity index is 2.05. The molecule has 146 valence electrons. The van der Waals surface area contributed by atoms with Crippen LogP contribution in [0.4, 0.5) is 5.95 Å². The molecule has 1 N–H and O–H groups in total. The Morgan fingerprint density at radius 2 is 1.57 bits per heavy atom. The highest BCUT2D eigenvalue weighted by Crippen LogP contribution is 2.27. The fourth-order valence-electron chi connectivity index (χ4n) is 3.06. The number of hydrogen-bond acceptors (Lipinski definition) is 6. The number of sulfone groups is 1. The zero-order valence-corrected chi connectivity index (χ0v) is 17.1. The van der Waals surface area contributed by atoms with Gasteiger partial charge in [0.05, 0.1) is 22.3 Å². The molecule has 1 heterocycles. The summed E-state index contributed by atoms with van der Waals surface area (Å²) in [6.45, 7) is 4.07. The van der Waals surface area contributed by atoms with Gasteiger partial charge in [-0.2, -0.15) is 5.10 Å². The number of hydrogen-bond donors (Lipinski definition) is 1. The first-order valence-corrected chi connectivity index (χ1v) is 11.2. The average molecular weight is 397 g/mol. The van der Waals surface area contributed by atoms with Gasteiger partial charge < -0.3 is 5.32 Å². The molecular formula is C21H24N4O2S. The van der Waals surface area contributed by atoms with Gasteiger partial charge in [0.15, 0.2) is 9.84 Å². The molecule has 6 nitrogen and oxygen atoms in total. The van der Waals surface area contributed by atoms with Gasteiger partial charge in [0.1, 0.15) is 0 Å². The minimum absolute atomic E-state index is 0.280. The van der Waals surface area contributed by atoms with Crippen LogP contribution in [0, 0.1) is 0 Å². The zero-order chi connectivity index (χ0) is 20.1. The monoisotopic (exact) mass is 396 g/mol. The Morgan fingerprint density at radius 3 is 2.21 bits per heavy atom. The van der Waals surface area contributed by atoms with Gasteiger partial charge in [-0.05, 0) is 36.1 Å². The molecular weight excluding hydrogens is 372 g/mol. The van der Waals surface area contributed by atoms with Crippen molar-refractivity contribution in [2.24, 2.45) is 0 Å². The lowest BCUT2D eigenvalue weighted by Gasteiger charge is -2.20. The number of aromatic nitrogens is 3. The normalized spacial score (nSPS) is 12.5. The minimum Gasteiger partial charge on any atom is -0.342 e. The van der Waals surface area contributed by atoms with Crippen LogP contribution in [0.25, 0.3) is 0 Å². The Hall–Kier alpha value is -2.80. The van der Waals surface area contributed by atoms with E-state index in [4.69, 9.17) is 0 Å². The Bertz CT molecular complexity index is 1050. The third-order valence-electron chi connectivity index (χ3n) is 4.54. The van der Waals surface area contributed by atoms with E-state index in [1.807, 2.05) is 50.2 Å². The Kier molecular flexibility index (Phi) is 6.04. The predicted molar refractivity (Wildman–Crippen MR) is 110 cm³/mol. The second kappa shape index (κ2) is 8.48. The van der Waals surface area contributed by atoms with E-state index in [2.05, 4.69) is 20.5 Å². The summed E-state index contributed by atoms with van der Waals surface area (Å²) in [5, 5.41) is 11.9. The molecule has 0 radical (unpaired) electrons. The second-order valence-corrected chi connectivity index (χ2v) is 8.58. The summed E-state index contributed by atoms with van der Waals surface area (Å²) in [5.41, 5.74) is 3.60. The standard InChI is InChI=1S/C21H24N4O2S/c1-4-18-19(5-2)24-25-21(22-18)23-20(15-10-7-6-8-11-15)16-12-9-13-17(14-16)28(3,26)27/h6-14,20H,4-5H2,1-3H3,(H,22,23,25). The highest BCUT2D eigenvalue weighted by Gasteiger charge is 2.18. The maximum absolute atomic E-state index is 12.0. The molecule has 0 saturated heterocycles. The molecule has 7 heteroatoms. The van der Waals surface area contributed by atoms with Crippen molar-refractivity contribution in [1.82, 2.24) is 15.2 Å². The van der Waals surface area contributed by atoms with Crippen molar-refractivity contribution < 1.29 is 8.42 Å². The summed E-state index contributed by atoms with van der Waals surface area (Å²) in [6.07, 6.45) is 2.76. The molecule has 0 aliphatic rings. The van der Waals surface area contributed by atoms with E-state index in [0.29, 0.717) is 5.95 Å². The molecule has 0 spiro atoms. The van der Waals surface area contributed by atoms with Gasteiger partial charge in [-0.15, -0.1) is 5.10 Å². The molecule has 28 heavy (non-hydrogen) atoms. The topological polar surface area (TPSA) is 84.8 Å². The number of aryl methyl sites for hydroxylation is 2. The van der Waals surface area contributed by atoms with Crippen LogP contribution in [0.5, 0.6) is 0 Å². The first-order valence-electron chi connectivity index (χ1n) is 9.26. The number of nitrogens with zero attached hydrogens (tertiary/aromatic N) is 3. The summed E-state index contributed by atoms with van der Waals surface area (Å²) < 4.78 is 24.0. The van der Waals surface area contributed by atoms with Gasteiger partial charge in [-0.1, -0.05) is 56.3 Å². The zero-order valence-electron chi connectivity index (χ0n) is 16.3. The van der Waals surface area contributed by atoms with E-state index in [9.17, 15) is 8.42 Å². The van der Waals surface area contributed by atoms with Crippen LogP contribution in [0.1, 0.15) is 42.4 Å². The fraction of sp³-hybridized carbons (Fsp3) is 0.286. The van der Waals surface area contributed by atoms with Crippen molar-refractivity contribution in [2.75, 3.05) is 11.6 Å². The average Bonchev–Trinajstić information content (AvgIpc) is 2.72. The van der Waals surface area contributed by atoms with E-state index in [1.165, 1.54) is 6.26 Å². The second-order valence-electron chi connectivity index (χ2n) is 6.57. The molecule has 0 fully saturated rings. The van der Waals surface area contributed by atoms with Gasteiger partial charge in [-0.3, -0.25) is 0 Å². The van der Waals surface area contributed by atoms with Gasteiger partial charge in [0.2, 0.25) is 5.95 Å². The highest BCUT2D eigenvalue weighted by atomic mass is 32.2. The van der Waals surface area contributed by atoms with E-state index < -0.39 is 9.84 Å². The van der Waals surface area contributed by atoms with Gasteiger partial charge in [0.25, 0.3) is 0 Å². The summed E-state index contributed by atoms with van der Waals surface area (Å²) in [4.78, 5) is 4.90. The first-order chi connectivity index (χ1) is 13.4. The van der Waals surface area contributed by atoms with Crippen molar-refractivity contribution in [3.8, 4) is 0 Å². The summed E-state index contributed by atoms with van der Waals surface area (Å²) >= 11 is 0. The van der Waals surface area contributed by atoms with E-state index in [-0.39, 0.29) is 10.9 Å². The van der Waals surface area contributed by atoms with Crippen LogP contribution < -0.4 is 5.32 Å². The third kappa shape index (κ3) is 4.54. The van der Waals surface area contributed by atoms with Crippen LogP contribution in [-0.4, -0.2) is 29.9 Å². The van der Waals surface area contributed by atoms with Crippen LogP contribution >= 0.6 is 0 Å². The van der Waals surface area contributed by atoms with Crippen molar-refractivity contribution in [3.05, 3.63) is 77.1 Å². The Morgan fingerprint density at radius 1 is 0.893 bits per heavy atom. The number of nitrogens with one attached hydrogen (secondary N) is 1. The SMILES string of the molecule is CCc1nnc(NC(c2ccccc2)c2cccc(S(C)(=O)=O)c2)nc1CC. The largest absolute Gasteiger partial charge is 0.342 e. The molecule has 3 rings (SSSR count). The van der Waals surface area contributed by atoms with Crippen LogP contribution in [0.3, 0.4) is 0 Å². The molecule has 2 aromatic carbocycles. The summed E-state index contributed by atoms with van der Waals surface area (Å²) in [5.74, 6) is 0.424. The molecule has 0 saturated carbocycles. The smallest absolute Gasteiger partial charge is 0.243 e. The number of benzene rings is 2. The number of anilines is 1. The molecule has 1 aromatic heterocycles. The van der Waals surface area contributed by atoms with Crippen molar-refractivity contribution in [2.45, 2.75) is 37.6 Å². The van der Waals surface area contributed by atoms with Crippen LogP contribution in [-0.2, 0) is 22.7 Å². The first kappa shape index (κ1) is 19.9. The molecule has 0 amide bonds. The van der Waals surface area contributed by atoms with Crippen molar-refractivity contribution in [1.29, 1.82) is 0 Å². The maximum Gasteiger partial charge on any atom is 0.243 e. The highest BCUT2D eigenvalue weighted by molar-refractivity contribution is 7.90. The van der Waals surface area contributed by atoms with Crippen molar-refractivity contribution in [3.63, 3.8) is 0 Å². The van der Waals surface area contributed by atoms with E-state index in [0.717, 1.165) is 35.4 Å². The van der Waals surface area contributed by atoms with Gasteiger partial charge >= 0.3 is 0 Å². The molecule has 1 unspecified atom stereocenters. The fourth-order valence-corrected chi connectivity index (χ4v) is 3.73. The minimum atomic E-state index is -3.30.